The Bertz CT molecular complexity index is 682. The SMILES string of the molecule is Cn1cnc([N+](=O)[O-])c1N1CC(CCN)c2ccccc21. The lowest BCUT2D eigenvalue weighted by Crippen LogP contribution is -2.20. The summed E-state index contributed by atoms with van der Waals surface area (Å²) in [6.07, 6.45) is 2.34. The summed E-state index contributed by atoms with van der Waals surface area (Å²) >= 11 is 0. The van der Waals surface area contributed by atoms with Crippen molar-refractivity contribution >= 4 is 17.3 Å². The van der Waals surface area contributed by atoms with E-state index >= 15 is 0 Å². The van der Waals surface area contributed by atoms with Crippen molar-refractivity contribution in [2.45, 2.75) is 12.3 Å². The number of aryl methyl sites for hydroxylation is 1. The van der Waals surface area contributed by atoms with Gasteiger partial charge < -0.3 is 20.7 Å². The molecule has 3 rings (SSSR count). The molecular formula is C14H17N5O2. The number of para-hydroxylation sites is 1. The van der Waals surface area contributed by atoms with E-state index in [0.29, 0.717) is 24.8 Å². The second-order valence-corrected chi connectivity index (χ2v) is 5.20. The van der Waals surface area contributed by atoms with Gasteiger partial charge in [-0.3, -0.25) is 4.57 Å². The molecule has 2 N–H and O–H groups in total. The molecule has 0 bridgehead atoms. The maximum absolute atomic E-state index is 11.2. The van der Waals surface area contributed by atoms with Gasteiger partial charge in [0.05, 0.1) is 0 Å². The first-order valence-electron chi connectivity index (χ1n) is 6.85. The fourth-order valence-electron chi connectivity index (χ4n) is 3.00. The van der Waals surface area contributed by atoms with Gasteiger partial charge in [0.2, 0.25) is 12.1 Å². The largest absolute Gasteiger partial charge is 0.406 e. The maximum atomic E-state index is 11.2. The number of nitro groups is 1. The zero-order chi connectivity index (χ0) is 15.0. The molecular weight excluding hydrogens is 270 g/mol. The molecule has 7 heteroatoms. The smallest absolute Gasteiger partial charge is 0.358 e. The van der Waals surface area contributed by atoms with Crippen molar-refractivity contribution in [2.24, 2.45) is 12.8 Å². The van der Waals surface area contributed by atoms with E-state index in [9.17, 15) is 10.1 Å². The Hall–Kier alpha value is -2.41. The van der Waals surface area contributed by atoms with Crippen LogP contribution in [0.4, 0.5) is 17.3 Å². The molecule has 110 valence electrons. The zero-order valence-corrected chi connectivity index (χ0v) is 11.8. The van der Waals surface area contributed by atoms with Crippen LogP contribution in [0.15, 0.2) is 30.6 Å². The van der Waals surface area contributed by atoms with Crippen molar-refractivity contribution in [3.8, 4) is 0 Å². The highest BCUT2D eigenvalue weighted by molar-refractivity contribution is 5.73. The van der Waals surface area contributed by atoms with Gasteiger partial charge in [-0.2, -0.15) is 0 Å². The number of hydrogen-bond acceptors (Lipinski definition) is 5. The summed E-state index contributed by atoms with van der Waals surface area (Å²) in [4.78, 5) is 16.6. The molecule has 0 amide bonds. The monoisotopic (exact) mass is 287 g/mol. The van der Waals surface area contributed by atoms with Crippen LogP contribution in [0.3, 0.4) is 0 Å². The Balaban J connectivity index is 2.09. The van der Waals surface area contributed by atoms with Crippen molar-refractivity contribution < 1.29 is 4.92 Å². The van der Waals surface area contributed by atoms with Crippen molar-refractivity contribution in [2.75, 3.05) is 18.0 Å². The van der Waals surface area contributed by atoms with Crippen LogP contribution in [-0.2, 0) is 7.05 Å². The average Bonchev–Trinajstić information content (AvgIpc) is 3.01. The molecule has 0 saturated carbocycles. The van der Waals surface area contributed by atoms with Crippen LogP contribution < -0.4 is 10.6 Å². The van der Waals surface area contributed by atoms with Crippen molar-refractivity contribution in [3.63, 3.8) is 0 Å². The van der Waals surface area contributed by atoms with Gasteiger partial charge in [-0.25, -0.2) is 0 Å². The number of benzene rings is 1. The van der Waals surface area contributed by atoms with Crippen LogP contribution in [-0.4, -0.2) is 27.6 Å². The molecule has 0 saturated heterocycles. The lowest BCUT2D eigenvalue weighted by Gasteiger charge is -2.19. The molecule has 2 aromatic rings. The summed E-state index contributed by atoms with van der Waals surface area (Å²) in [5.41, 5.74) is 7.89. The first kappa shape index (κ1) is 13.6. The molecule has 0 aliphatic carbocycles. The highest BCUT2D eigenvalue weighted by Gasteiger charge is 2.35. The number of nitrogens with two attached hydrogens (primary N) is 1. The normalized spacial score (nSPS) is 17.0. The van der Waals surface area contributed by atoms with E-state index in [1.165, 1.54) is 11.9 Å². The van der Waals surface area contributed by atoms with Gasteiger partial charge in [-0.15, -0.1) is 0 Å². The van der Waals surface area contributed by atoms with Gasteiger partial charge in [-0.1, -0.05) is 18.2 Å². The average molecular weight is 287 g/mol. The molecule has 0 spiro atoms. The number of fused-ring (bicyclic) bond motifs is 1. The maximum Gasteiger partial charge on any atom is 0.406 e. The Kier molecular flexibility index (Phi) is 3.34. The number of aromatic nitrogens is 2. The molecule has 7 nitrogen and oxygen atoms in total. The predicted molar refractivity (Wildman–Crippen MR) is 79.7 cm³/mol. The summed E-state index contributed by atoms with van der Waals surface area (Å²) in [5.74, 6) is 0.702. The van der Waals surface area contributed by atoms with E-state index in [2.05, 4.69) is 11.1 Å². The van der Waals surface area contributed by atoms with Gasteiger partial charge in [0.15, 0.2) is 0 Å². The Labute approximate surface area is 122 Å². The summed E-state index contributed by atoms with van der Waals surface area (Å²) < 4.78 is 1.69. The summed E-state index contributed by atoms with van der Waals surface area (Å²) in [5, 5.41) is 11.2. The van der Waals surface area contributed by atoms with Crippen LogP contribution in [0, 0.1) is 10.1 Å². The molecule has 1 aromatic heterocycles. The molecule has 21 heavy (non-hydrogen) atoms. The molecule has 0 radical (unpaired) electrons. The number of hydrogen-bond donors (Lipinski definition) is 1. The Morgan fingerprint density at radius 2 is 2.24 bits per heavy atom. The zero-order valence-electron chi connectivity index (χ0n) is 11.8. The third-order valence-corrected chi connectivity index (χ3v) is 3.90. The highest BCUT2D eigenvalue weighted by Crippen LogP contribution is 2.44. The van der Waals surface area contributed by atoms with Crippen molar-refractivity contribution in [1.29, 1.82) is 0 Å². The van der Waals surface area contributed by atoms with E-state index < -0.39 is 4.92 Å². The molecule has 0 fully saturated rings. The third-order valence-electron chi connectivity index (χ3n) is 3.90. The standard InChI is InChI=1S/C14H17N5O2/c1-17-9-16-13(19(20)21)14(17)18-8-10(6-7-15)11-4-2-3-5-12(11)18/h2-5,9-10H,6-8,15H2,1H3. The van der Waals surface area contributed by atoms with Crippen LogP contribution in [0.1, 0.15) is 17.9 Å². The summed E-state index contributed by atoms with van der Waals surface area (Å²) in [6.45, 7) is 1.29. The van der Waals surface area contributed by atoms with E-state index in [0.717, 1.165) is 12.1 Å². The molecule has 1 aliphatic rings. The minimum absolute atomic E-state index is 0.110. The van der Waals surface area contributed by atoms with Crippen molar-refractivity contribution in [3.05, 3.63) is 46.3 Å². The predicted octanol–water partition coefficient (Wildman–Crippen LogP) is 1.91. The lowest BCUT2D eigenvalue weighted by molar-refractivity contribution is -0.388. The Morgan fingerprint density at radius 3 is 2.95 bits per heavy atom. The highest BCUT2D eigenvalue weighted by atomic mass is 16.6. The van der Waals surface area contributed by atoms with E-state index in [1.807, 2.05) is 23.1 Å². The van der Waals surface area contributed by atoms with E-state index in [-0.39, 0.29) is 5.82 Å². The third kappa shape index (κ3) is 2.15. The first-order valence-corrected chi connectivity index (χ1v) is 6.85. The van der Waals surface area contributed by atoms with Gasteiger partial charge in [-0.05, 0) is 34.5 Å². The molecule has 1 aliphatic heterocycles. The molecule has 1 unspecified atom stereocenters. The van der Waals surface area contributed by atoms with E-state index in [1.54, 1.807) is 11.6 Å². The molecule has 1 atom stereocenters. The Morgan fingerprint density at radius 1 is 1.48 bits per heavy atom. The van der Waals surface area contributed by atoms with Gasteiger partial charge in [0.1, 0.15) is 0 Å². The van der Waals surface area contributed by atoms with E-state index in [4.69, 9.17) is 5.73 Å². The topological polar surface area (TPSA) is 90.2 Å². The second kappa shape index (κ2) is 5.17. The molecule has 1 aromatic carbocycles. The van der Waals surface area contributed by atoms with Gasteiger partial charge >= 0.3 is 5.82 Å². The van der Waals surface area contributed by atoms with Crippen LogP contribution in [0.5, 0.6) is 0 Å². The van der Waals surface area contributed by atoms with Crippen molar-refractivity contribution in [1.82, 2.24) is 9.55 Å². The van der Waals surface area contributed by atoms with Gasteiger partial charge in [0.25, 0.3) is 0 Å². The van der Waals surface area contributed by atoms with Crippen LogP contribution in [0.2, 0.25) is 0 Å². The van der Waals surface area contributed by atoms with Crippen LogP contribution >= 0.6 is 0 Å². The minimum Gasteiger partial charge on any atom is -0.358 e. The minimum atomic E-state index is -0.436. The van der Waals surface area contributed by atoms with Crippen LogP contribution in [0.25, 0.3) is 0 Å². The lowest BCUT2D eigenvalue weighted by atomic mass is 9.98. The van der Waals surface area contributed by atoms with Gasteiger partial charge in [0, 0.05) is 25.2 Å². The quantitative estimate of drug-likeness (QED) is 0.685. The molecule has 2 heterocycles. The second-order valence-electron chi connectivity index (χ2n) is 5.20. The first-order chi connectivity index (χ1) is 10.1. The fourth-order valence-corrected chi connectivity index (χ4v) is 3.00. The number of nitrogens with zero attached hydrogens (tertiary/aromatic N) is 4. The number of imidazole rings is 1. The number of rotatable bonds is 4. The fraction of sp³-hybridized carbons (Fsp3) is 0.357. The summed E-state index contributed by atoms with van der Waals surface area (Å²) in [7, 11) is 1.77. The number of anilines is 2. The summed E-state index contributed by atoms with van der Waals surface area (Å²) in [6, 6.07) is 7.99.